The Kier molecular flexibility index (Phi) is 6.17. The van der Waals surface area contributed by atoms with E-state index in [-0.39, 0.29) is 16.7 Å². The fraction of sp³-hybridized carbons (Fsp3) is 0.368. The number of hydrogen-bond donors (Lipinski definition) is 1. The molecule has 0 aliphatic carbocycles. The Hall–Kier alpha value is -2.23. The summed E-state index contributed by atoms with van der Waals surface area (Å²) in [5.41, 5.74) is 1.64. The summed E-state index contributed by atoms with van der Waals surface area (Å²) in [7, 11) is -2.35. The molecule has 1 aliphatic rings. The second-order valence-electron chi connectivity index (χ2n) is 6.74. The van der Waals surface area contributed by atoms with Crippen LogP contribution in [0.4, 0.5) is 5.69 Å². The molecule has 1 fully saturated rings. The lowest BCUT2D eigenvalue weighted by Crippen LogP contribution is -2.35. The Labute approximate surface area is 169 Å². The first-order valence-electron chi connectivity index (χ1n) is 8.99. The first-order chi connectivity index (χ1) is 13.3. The van der Waals surface area contributed by atoms with Crippen LogP contribution in [0.5, 0.6) is 0 Å². The standard InChI is InChI=1S/C19H23N3O4S2/c1-14-7-5-8-15(18(14)19(24)22-10-3-4-11-22)20-16(23)13-21(2)28(25,26)17-9-6-12-27-17/h5-9,12H,3-4,10-11,13H2,1-2H3,(H,20,23). The molecule has 0 bridgehead atoms. The minimum Gasteiger partial charge on any atom is -0.339 e. The predicted molar refractivity (Wildman–Crippen MR) is 109 cm³/mol. The van der Waals surface area contributed by atoms with E-state index in [1.165, 1.54) is 13.1 Å². The molecule has 1 N–H and O–H groups in total. The molecule has 0 spiro atoms. The molecular formula is C19H23N3O4S2. The lowest BCUT2D eigenvalue weighted by atomic mass is 10.0. The molecule has 3 rings (SSSR count). The van der Waals surface area contributed by atoms with E-state index in [0.29, 0.717) is 24.3 Å². The number of benzene rings is 1. The average Bonchev–Trinajstić information content (AvgIpc) is 3.35. The van der Waals surface area contributed by atoms with Gasteiger partial charge in [-0.3, -0.25) is 9.59 Å². The molecule has 2 aromatic rings. The number of nitrogens with one attached hydrogen (secondary N) is 1. The number of carbonyl (C=O) groups is 2. The summed E-state index contributed by atoms with van der Waals surface area (Å²) >= 11 is 1.10. The third-order valence-corrected chi connectivity index (χ3v) is 7.86. The number of likely N-dealkylation sites (tertiary alicyclic amines) is 1. The lowest BCUT2D eigenvalue weighted by molar-refractivity contribution is -0.116. The second-order valence-corrected chi connectivity index (χ2v) is 9.96. The lowest BCUT2D eigenvalue weighted by Gasteiger charge is -2.20. The molecule has 9 heteroatoms. The monoisotopic (exact) mass is 421 g/mol. The topological polar surface area (TPSA) is 86.8 Å². The third kappa shape index (κ3) is 4.26. The number of carbonyl (C=O) groups excluding carboxylic acids is 2. The van der Waals surface area contributed by atoms with Crippen molar-refractivity contribution < 1.29 is 18.0 Å². The summed E-state index contributed by atoms with van der Waals surface area (Å²) < 4.78 is 26.1. The van der Waals surface area contributed by atoms with Crippen LogP contribution in [-0.2, 0) is 14.8 Å². The van der Waals surface area contributed by atoms with Gasteiger partial charge in [-0.25, -0.2) is 8.42 Å². The Morgan fingerprint density at radius 2 is 1.89 bits per heavy atom. The molecule has 2 heterocycles. The highest BCUT2D eigenvalue weighted by Gasteiger charge is 2.26. The van der Waals surface area contributed by atoms with Crippen LogP contribution in [0.2, 0.25) is 0 Å². The zero-order chi connectivity index (χ0) is 20.3. The normalized spacial score (nSPS) is 14.5. The van der Waals surface area contributed by atoms with E-state index in [2.05, 4.69) is 5.32 Å². The number of nitrogens with zero attached hydrogens (tertiary/aromatic N) is 2. The van der Waals surface area contributed by atoms with Crippen molar-refractivity contribution >= 4 is 38.9 Å². The van der Waals surface area contributed by atoms with Gasteiger partial charge < -0.3 is 10.2 Å². The quantitative estimate of drug-likeness (QED) is 0.777. The van der Waals surface area contributed by atoms with Crippen LogP contribution in [-0.4, -0.2) is 56.1 Å². The minimum atomic E-state index is -3.71. The van der Waals surface area contributed by atoms with E-state index in [4.69, 9.17) is 0 Å². The van der Waals surface area contributed by atoms with Crippen molar-refractivity contribution in [3.63, 3.8) is 0 Å². The number of likely N-dealkylation sites (N-methyl/N-ethyl adjacent to an activating group) is 1. The number of anilines is 1. The van der Waals surface area contributed by atoms with Gasteiger partial charge in [0.2, 0.25) is 5.91 Å². The number of thiophene rings is 1. The van der Waals surface area contributed by atoms with Crippen LogP contribution in [0.15, 0.2) is 39.9 Å². The smallest absolute Gasteiger partial charge is 0.256 e. The average molecular weight is 422 g/mol. The summed E-state index contributed by atoms with van der Waals surface area (Å²) in [4.78, 5) is 27.2. The summed E-state index contributed by atoms with van der Waals surface area (Å²) in [6.45, 7) is 2.91. The molecule has 2 amide bonds. The summed E-state index contributed by atoms with van der Waals surface area (Å²) in [5, 5.41) is 4.39. The van der Waals surface area contributed by atoms with E-state index in [1.54, 1.807) is 28.5 Å². The Bertz CT molecular complexity index is 965. The minimum absolute atomic E-state index is 0.106. The van der Waals surface area contributed by atoms with Crippen LogP contribution >= 0.6 is 11.3 Å². The fourth-order valence-electron chi connectivity index (χ4n) is 3.17. The van der Waals surface area contributed by atoms with E-state index in [1.807, 2.05) is 13.0 Å². The SMILES string of the molecule is Cc1cccc(NC(=O)CN(C)S(=O)(=O)c2cccs2)c1C(=O)N1CCCC1. The van der Waals surface area contributed by atoms with E-state index >= 15 is 0 Å². The molecule has 1 saturated heterocycles. The van der Waals surface area contributed by atoms with Gasteiger partial charge in [-0.15, -0.1) is 11.3 Å². The van der Waals surface area contributed by atoms with Crippen LogP contribution < -0.4 is 5.32 Å². The molecule has 1 aromatic carbocycles. The predicted octanol–water partition coefficient (Wildman–Crippen LogP) is 2.55. The molecule has 0 atom stereocenters. The first kappa shape index (κ1) is 20.5. The largest absolute Gasteiger partial charge is 0.339 e. The van der Waals surface area contributed by atoms with Crippen molar-refractivity contribution in [2.75, 3.05) is 32.0 Å². The van der Waals surface area contributed by atoms with Gasteiger partial charge in [0.25, 0.3) is 15.9 Å². The van der Waals surface area contributed by atoms with Gasteiger partial charge in [-0.05, 0) is 42.8 Å². The number of sulfonamides is 1. The highest BCUT2D eigenvalue weighted by Crippen LogP contribution is 2.24. The molecule has 7 nitrogen and oxygen atoms in total. The number of aryl methyl sites for hydroxylation is 1. The third-order valence-electron chi connectivity index (χ3n) is 4.68. The van der Waals surface area contributed by atoms with Gasteiger partial charge in [0.1, 0.15) is 4.21 Å². The fourth-order valence-corrected chi connectivity index (χ4v) is 5.50. The Morgan fingerprint density at radius 3 is 2.54 bits per heavy atom. The van der Waals surface area contributed by atoms with Crippen LogP contribution in [0, 0.1) is 6.92 Å². The van der Waals surface area contributed by atoms with Crippen molar-refractivity contribution in [3.8, 4) is 0 Å². The van der Waals surface area contributed by atoms with Crippen molar-refractivity contribution in [2.45, 2.75) is 24.0 Å². The number of amides is 2. The van der Waals surface area contributed by atoms with Gasteiger partial charge in [0.05, 0.1) is 17.8 Å². The molecule has 1 aliphatic heterocycles. The molecule has 28 heavy (non-hydrogen) atoms. The molecule has 0 unspecified atom stereocenters. The van der Waals surface area contributed by atoms with Gasteiger partial charge in [0, 0.05) is 20.1 Å². The molecule has 150 valence electrons. The maximum atomic E-state index is 12.9. The van der Waals surface area contributed by atoms with Crippen LogP contribution in [0.25, 0.3) is 0 Å². The van der Waals surface area contributed by atoms with Crippen molar-refractivity contribution in [3.05, 3.63) is 46.8 Å². The highest BCUT2D eigenvalue weighted by molar-refractivity contribution is 7.91. The molecule has 0 radical (unpaired) electrons. The number of hydrogen-bond acceptors (Lipinski definition) is 5. The van der Waals surface area contributed by atoms with Crippen molar-refractivity contribution in [2.24, 2.45) is 0 Å². The van der Waals surface area contributed by atoms with Crippen molar-refractivity contribution in [1.29, 1.82) is 0 Å². The second kappa shape index (κ2) is 8.42. The van der Waals surface area contributed by atoms with E-state index < -0.39 is 15.9 Å². The van der Waals surface area contributed by atoms with Gasteiger partial charge in [-0.1, -0.05) is 18.2 Å². The first-order valence-corrected chi connectivity index (χ1v) is 11.3. The zero-order valence-corrected chi connectivity index (χ0v) is 17.5. The summed E-state index contributed by atoms with van der Waals surface area (Å²) in [6.07, 6.45) is 1.95. The summed E-state index contributed by atoms with van der Waals surface area (Å²) in [5.74, 6) is -0.603. The maximum Gasteiger partial charge on any atom is 0.256 e. The van der Waals surface area contributed by atoms with Crippen LogP contribution in [0.3, 0.4) is 0 Å². The zero-order valence-electron chi connectivity index (χ0n) is 15.8. The molecule has 0 saturated carbocycles. The number of rotatable bonds is 6. The van der Waals surface area contributed by atoms with Crippen LogP contribution in [0.1, 0.15) is 28.8 Å². The van der Waals surface area contributed by atoms with Gasteiger partial charge in [0.15, 0.2) is 0 Å². The van der Waals surface area contributed by atoms with E-state index in [0.717, 1.165) is 34.0 Å². The molecule has 1 aromatic heterocycles. The Balaban J connectivity index is 1.75. The summed E-state index contributed by atoms with van der Waals surface area (Å²) in [6, 6.07) is 8.41. The molecular weight excluding hydrogens is 398 g/mol. The van der Waals surface area contributed by atoms with Gasteiger partial charge in [-0.2, -0.15) is 4.31 Å². The Morgan fingerprint density at radius 1 is 1.18 bits per heavy atom. The van der Waals surface area contributed by atoms with E-state index in [9.17, 15) is 18.0 Å². The van der Waals surface area contributed by atoms with Crippen molar-refractivity contribution in [1.82, 2.24) is 9.21 Å². The van der Waals surface area contributed by atoms with Gasteiger partial charge >= 0.3 is 0 Å². The maximum absolute atomic E-state index is 12.9. The highest BCUT2D eigenvalue weighted by atomic mass is 32.2.